The number of rotatable bonds is 5. The lowest BCUT2D eigenvalue weighted by atomic mass is 9.96. The van der Waals surface area contributed by atoms with Crippen molar-refractivity contribution in [2.45, 2.75) is 45.6 Å². The molecule has 0 aromatic carbocycles. The molecular formula is C14H22N2OS. The molecule has 3 N–H and O–H groups in total. The first kappa shape index (κ1) is 13.6. The molecule has 1 aromatic heterocycles. The summed E-state index contributed by atoms with van der Waals surface area (Å²) < 4.78 is 0. The second-order valence-electron chi connectivity index (χ2n) is 5.42. The minimum atomic E-state index is -0.235. The van der Waals surface area contributed by atoms with Crippen LogP contribution in [0.25, 0.3) is 0 Å². The van der Waals surface area contributed by atoms with Gasteiger partial charge >= 0.3 is 0 Å². The van der Waals surface area contributed by atoms with Crippen molar-refractivity contribution in [2.75, 3.05) is 6.54 Å². The molecule has 2 rings (SSSR count). The van der Waals surface area contributed by atoms with E-state index in [0.29, 0.717) is 12.5 Å². The molecule has 100 valence electrons. The highest BCUT2D eigenvalue weighted by Gasteiger charge is 2.41. The SMILES string of the molecule is CCc1sc(C(=O)NC(C)(CN)C2CC2)cc1C. The van der Waals surface area contributed by atoms with Gasteiger partial charge in [-0.05, 0) is 50.7 Å². The van der Waals surface area contributed by atoms with Crippen molar-refractivity contribution in [3.8, 4) is 0 Å². The van der Waals surface area contributed by atoms with E-state index in [2.05, 4.69) is 26.1 Å². The summed E-state index contributed by atoms with van der Waals surface area (Å²) in [5.74, 6) is 0.584. The van der Waals surface area contributed by atoms with Crippen LogP contribution in [0.1, 0.15) is 46.8 Å². The normalized spacial score (nSPS) is 18.4. The Morgan fingerprint density at radius 3 is 2.72 bits per heavy atom. The van der Waals surface area contributed by atoms with Gasteiger partial charge in [0.05, 0.1) is 10.4 Å². The van der Waals surface area contributed by atoms with Crippen LogP contribution in [0.15, 0.2) is 6.07 Å². The van der Waals surface area contributed by atoms with Crippen molar-refractivity contribution >= 4 is 17.2 Å². The molecule has 1 unspecified atom stereocenters. The predicted octanol–water partition coefficient (Wildman–Crippen LogP) is 2.48. The lowest BCUT2D eigenvalue weighted by Crippen LogP contribution is -2.53. The van der Waals surface area contributed by atoms with Crippen molar-refractivity contribution in [1.82, 2.24) is 5.32 Å². The first-order valence-electron chi connectivity index (χ1n) is 6.62. The van der Waals surface area contributed by atoms with Crippen LogP contribution < -0.4 is 11.1 Å². The third-order valence-electron chi connectivity index (χ3n) is 3.87. The van der Waals surface area contributed by atoms with E-state index in [4.69, 9.17) is 5.73 Å². The Morgan fingerprint density at radius 2 is 2.28 bits per heavy atom. The van der Waals surface area contributed by atoms with Crippen LogP contribution in [0, 0.1) is 12.8 Å². The maximum absolute atomic E-state index is 12.3. The summed E-state index contributed by atoms with van der Waals surface area (Å²) >= 11 is 1.60. The van der Waals surface area contributed by atoms with Gasteiger partial charge in [-0.3, -0.25) is 4.79 Å². The molecule has 0 bridgehead atoms. The average molecular weight is 266 g/mol. The second kappa shape index (κ2) is 5.02. The number of hydrogen-bond donors (Lipinski definition) is 2. The predicted molar refractivity (Wildman–Crippen MR) is 76.1 cm³/mol. The van der Waals surface area contributed by atoms with Crippen LogP contribution in [0.2, 0.25) is 0 Å². The van der Waals surface area contributed by atoms with Gasteiger partial charge in [-0.15, -0.1) is 11.3 Å². The number of aryl methyl sites for hydroxylation is 2. The van der Waals surface area contributed by atoms with E-state index in [0.717, 1.165) is 11.3 Å². The third kappa shape index (κ3) is 2.59. The second-order valence-corrected chi connectivity index (χ2v) is 6.56. The summed E-state index contributed by atoms with van der Waals surface area (Å²) in [5, 5.41) is 3.13. The van der Waals surface area contributed by atoms with Gasteiger partial charge in [-0.1, -0.05) is 6.92 Å². The molecule has 1 heterocycles. The van der Waals surface area contributed by atoms with Crippen LogP contribution in [0.4, 0.5) is 0 Å². The minimum absolute atomic E-state index is 0.0302. The van der Waals surface area contributed by atoms with E-state index in [9.17, 15) is 4.79 Å². The summed E-state index contributed by atoms with van der Waals surface area (Å²) in [7, 11) is 0. The number of carbonyl (C=O) groups is 1. The number of thiophene rings is 1. The molecule has 0 aliphatic heterocycles. The van der Waals surface area contributed by atoms with E-state index < -0.39 is 0 Å². The molecule has 0 radical (unpaired) electrons. The van der Waals surface area contributed by atoms with Crippen molar-refractivity contribution in [3.05, 3.63) is 21.4 Å². The van der Waals surface area contributed by atoms with Crippen LogP contribution in [-0.4, -0.2) is 18.0 Å². The van der Waals surface area contributed by atoms with E-state index in [1.807, 2.05) is 6.07 Å². The van der Waals surface area contributed by atoms with E-state index in [1.54, 1.807) is 11.3 Å². The highest BCUT2D eigenvalue weighted by molar-refractivity contribution is 7.14. The fourth-order valence-electron chi connectivity index (χ4n) is 2.34. The summed E-state index contributed by atoms with van der Waals surface area (Å²) in [6, 6.07) is 1.99. The van der Waals surface area contributed by atoms with Gasteiger partial charge in [0.1, 0.15) is 0 Å². The highest BCUT2D eigenvalue weighted by atomic mass is 32.1. The van der Waals surface area contributed by atoms with Gasteiger partial charge < -0.3 is 11.1 Å². The zero-order valence-electron chi connectivity index (χ0n) is 11.4. The Hall–Kier alpha value is -0.870. The molecule has 4 heteroatoms. The van der Waals surface area contributed by atoms with E-state index in [-0.39, 0.29) is 11.4 Å². The van der Waals surface area contributed by atoms with Gasteiger partial charge in [0.25, 0.3) is 5.91 Å². The smallest absolute Gasteiger partial charge is 0.261 e. The topological polar surface area (TPSA) is 55.1 Å². The fraction of sp³-hybridized carbons (Fsp3) is 0.643. The zero-order valence-corrected chi connectivity index (χ0v) is 12.2. The van der Waals surface area contributed by atoms with Gasteiger partial charge in [0.15, 0.2) is 0 Å². The van der Waals surface area contributed by atoms with Crippen molar-refractivity contribution in [2.24, 2.45) is 11.7 Å². The number of carbonyl (C=O) groups excluding carboxylic acids is 1. The van der Waals surface area contributed by atoms with Crippen LogP contribution >= 0.6 is 11.3 Å². The minimum Gasteiger partial charge on any atom is -0.345 e. The van der Waals surface area contributed by atoms with Crippen molar-refractivity contribution in [3.63, 3.8) is 0 Å². The molecule has 1 atom stereocenters. The van der Waals surface area contributed by atoms with Crippen LogP contribution in [-0.2, 0) is 6.42 Å². The quantitative estimate of drug-likeness (QED) is 0.860. The Bertz CT molecular complexity index is 451. The van der Waals surface area contributed by atoms with Crippen LogP contribution in [0.3, 0.4) is 0 Å². The number of nitrogens with one attached hydrogen (secondary N) is 1. The molecule has 0 saturated heterocycles. The van der Waals surface area contributed by atoms with Gasteiger partial charge in [-0.2, -0.15) is 0 Å². The third-order valence-corrected chi connectivity index (χ3v) is 5.25. The molecule has 1 aliphatic carbocycles. The number of nitrogens with two attached hydrogens (primary N) is 1. The maximum atomic E-state index is 12.3. The van der Waals surface area contributed by atoms with Crippen molar-refractivity contribution < 1.29 is 4.79 Å². The molecule has 1 amide bonds. The molecule has 1 saturated carbocycles. The average Bonchev–Trinajstić information content (AvgIpc) is 3.13. The summed E-state index contributed by atoms with van der Waals surface area (Å²) in [5.41, 5.74) is 6.81. The standard InChI is InChI=1S/C14H22N2OS/c1-4-11-9(2)7-12(18-11)13(17)16-14(3,8-15)10-5-6-10/h7,10H,4-6,8,15H2,1-3H3,(H,16,17). The lowest BCUT2D eigenvalue weighted by Gasteiger charge is -2.29. The molecule has 0 spiro atoms. The van der Waals surface area contributed by atoms with Gasteiger partial charge in [0, 0.05) is 11.4 Å². The number of amides is 1. The molecule has 18 heavy (non-hydrogen) atoms. The summed E-state index contributed by atoms with van der Waals surface area (Å²) in [6.07, 6.45) is 3.34. The van der Waals surface area contributed by atoms with Crippen LogP contribution in [0.5, 0.6) is 0 Å². The number of hydrogen-bond acceptors (Lipinski definition) is 3. The zero-order chi connectivity index (χ0) is 13.3. The molecule has 1 aliphatic rings. The summed E-state index contributed by atoms with van der Waals surface area (Å²) in [4.78, 5) is 14.4. The molecule has 3 nitrogen and oxygen atoms in total. The molecule has 1 fully saturated rings. The van der Waals surface area contributed by atoms with E-state index >= 15 is 0 Å². The molecule has 1 aromatic rings. The monoisotopic (exact) mass is 266 g/mol. The fourth-order valence-corrected chi connectivity index (χ4v) is 3.35. The Balaban J connectivity index is 2.11. The largest absolute Gasteiger partial charge is 0.345 e. The van der Waals surface area contributed by atoms with Gasteiger partial charge in [-0.25, -0.2) is 0 Å². The first-order valence-corrected chi connectivity index (χ1v) is 7.43. The Morgan fingerprint density at radius 1 is 1.61 bits per heavy atom. The summed E-state index contributed by atoms with van der Waals surface area (Å²) in [6.45, 7) is 6.75. The van der Waals surface area contributed by atoms with Gasteiger partial charge in [0.2, 0.25) is 0 Å². The van der Waals surface area contributed by atoms with Crippen molar-refractivity contribution in [1.29, 1.82) is 0 Å². The first-order chi connectivity index (χ1) is 8.50. The maximum Gasteiger partial charge on any atom is 0.261 e. The highest BCUT2D eigenvalue weighted by Crippen LogP contribution is 2.39. The lowest BCUT2D eigenvalue weighted by molar-refractivity contribution is 0.0902. The Labute approximate surface area is 113 Å². The Kier molecular flexibility index (Phi) is 3.78. The van der Waals surface area contributed by atoms with E-state index in [1.165, 1.54) is 23.3 Å². The molecular weight excluding hydrogens is 244 g/mol.